The molecule has 164 valence electrons. The Balaban J connectivity index is 1.53. The number of aryl methyl sites for hydroxylation is 2. The Kier molecular flexibility index (Phi) is 5.53. The van der Waals surface area contributed by atoms with E-state index < -0.39 is 0 Å². The largest absolute Gasteiger partial charge is 0.318 e. The summed E-state index contributed by atoms with van der Waals surface area (Å²) >= 11 is 6.19. The van der Waals surface area contributed by atoms with Crippen LogP contribution in [0.1, 0.15) is 30.7 Å². The molecule has 0 aliphatic heterocycles. The zero-order valence-electron chi connectivity index (χ0n) is 18.1. The molecule has 3 aromatic heterocycles. The third-order valence-corrected chi connectivity index (χ3v) is 6.28. The van der Waals surface area contributed by atoms with Gasteiger partial charge in [0.25, 0.3) is 5.56 Å². The van der Waals surface area contributed by atoms with Gasteiger partial charge in [-0.3, -0.25) is 4.79 Å². The van der Waals surface area contributed by atoms with E-state index in [1.807, 2.05) is 6.20 Å². The molecule has 1 aromatic carbocycles. The molecule has 1 aliphatic carbocycles. The van der Waals surface area contributed by atoms with Crippen molar-refractivity contribution in [2.45, 2.75) is 25.7 Å². The first-order valence-electron chi connectivity index (χ1n) is 10.8. The molecule has 0 atom stereocenters. The Morgan fingerprint density at radius 2 is 1.91 bits per heavy atom. The molecule has 5 rings (SSSR count). The van der Waals surface area contributed by atoms with Crippen molar-refractivity contribution in [1.29, 1.82) is 5.26 Å². The van der Waals surface area contributed by atoms with Crippen molar-refractivity contribution in [3.8, 4) is 34.0 Å². The molecular formula is C25H21ClN6O. The summed E-state index contributed by atoms with van der Waals surface area (Å²) in [6.45, 7) is 0. The molecule has 0 bridgehead atoms. The summed E-state index contributed by atoms with van der Waals surface area (Å²) in [4.78, 5) is 21.5. The normalized spacial score (nSPS) is 13.1. The predicted molar refractivity (Wildman–Crippen MR) is 126 cm³/mol. The lowest BCUT2D eigenvalue weighted by Crippen LogP contribution is -2.15. The standard InChI is InChI=1S/C25H21ClN6O/c1-31-15-21(18-13-30-32(14-18)23-4-2-3-22(26)20(23)10-27)19(9-25(31)33)17-11-28-24(29-12-17)8-7-16-5-6-16/h2-4,9,11-16H,5-8H2,1H3. The first-order chi connectivity index (χ1) is 16.0. The molecule has 0 spiro atoms. The molecule has 7 nitrogen and oxygen atoms in total. The Labute approximate surface area is 195 Å². The molecule has 0 radical (unpaired) electrons. The summed E-state index contributed by atoms with van der Waals surface area (Å²) < 4.78 is 3.15. The Bertz CT molecular complexity index is 1430. The minimum Gasteiger partial charge on any atom is -0.318 e. The van der Waals surface area contributed by atoms with Crippen LogP contribution < -0.4 is 5.56 Å². The van der Waals surface area contributed by atoms with E-state index in [0.717, 1.165) is 46.8 Å². The lowest BCUT2D eigenvalue weighted by atomic mass is 10.0. The quantitative estimate of drug-likeness (QED) is 0.424. The minimum absolute atomic E-state index is 0.124. The van der Waals surface area contributed by atoms with Crippen LogP contribution in [-0.2, 0) is 13.5 Å². The number of hydrogen-bond donors (Lipinski definition) is 0. The highest BCUT2D eigenvalue weighted by molar-refractivity contribution is 6.32. The number of halogens is 1. The second-order valence-electron chi connectivity index (χ2n) is 8.34. The van der Waals surface area contributed by atoms with E-state index in [1.54, 1.807) is 60.8 Å². The highest BCUT2D eigenvalue weighted by Gasteiger charge is 2.21. The van der Waals surface area contributed by atoms with Crippen molar-refractivity contribution in [2.24, 2.45) is 13.0 Å². The summed E-state index contributed by atoms with van der Waals surface area (Å²) in [7, 11) is 1.71. The van der Waals surface area contributed by atoms with Crippen LogP contribution in [0.3, 0.4) is 0 Å². The molecule has 0 N–H and O–H groups in total. The van der Waals surface area contributed by atoms with Crippen LogP contribution in [0.4, 0.5) is 0 Å². The number of benzene rings is 1. The van der Waals surface area contributed by atoms with Gasteiger partial charge in [-0.25, -0.2) is 14.6 Å². The molecule has 0 unspecified atom stereocenters. The summed E-state index contributed by atoms with van der Waals surface area (Å²) in [6.07, 6.45) is 13.5. The molecule has 0 saturated heterocycles. The zero-order valence-corrected chi connectivity index (χ0v) is 18.8. The van der Waals surface area contributed by atoms with Crippen molar-refractivity contribution in [2.75, 3.05) is 0 Å². The number of rotatable bonds is 6. The Hall–Kier alpha value is -3.76. The van der Waals surface area contributed by atoms with E-state index >= 15 is 0 Å². The van der Waals surface area contributed by atoms with Crippen molar-refractivity contribution in [3.63, 3.8) is 0 Å². The van der Waals surface area contributed by atoms with Gasteiger partial charge in [-0.05, 0) is 30.0 Å². The Morgan fingerprint density at radius 3 is 2.64 bits per heavy atom. The lowest BCUT2D eigenvalue weighted by molar-refractivity contribution is 0.697. The van der Waals surface area contributed by atoms with Gasteiger partial charge >= 0.3 is 0 Å². The second kappa shape index (κ2) is 8.64. The van der Waals surface area contributed by atoms with Gasteiger partial charge in [-0.15, -0.1) is 0 Å². The van der Waals surface area contributed by atoms with Crippen molar-refractivity contribution in [1.82, 2.24) is 24.3 Å². The van der Waals surface area contributed by atoms with E-state index in [0.29, 0.717) is 16.3 Å². The molecular weight excluding hydrogens is 436 g/mol. The summed E-state index contributed by atoms with van der Waals surface area (Å²) in [5, 5.41) is 14.3. The van der Waals surface area contributed by atoms with Crippen LogP contribution in [0.15, 0.2) is 60.0 Å². The van der Waals surface area contributed by atoms with Crippen LogP contribution in [0, 0.1) is 17.2 Å². The lowest BCUT2D eigenvalue weighted by Gasteiger charge is -2.10. The molecule has 1 fully saturated rings. The molecule has 3 heterocycles. The fraction of sp³-hybridized carbons (Fsp3) is 0.240. The average molecular weight is 457 g/mol. The highest BCUT2D eigenvalue weighted by Crippen LogP contribution is 2.34. The smallest absolute Gasteiger partial charge is 0.250 e. The Morgan fingerprint density at radius 1 is 1.12 bits per heavy atom. The number of nitrogens with zero attached hydrogens (tertiary/aromatic N) is 6. The first kappa shape index (κ1) is 21.1. The van der Waals surface area contributed by atoms with Gasteiger partial charge in [0.2, 0.25) is 0 Å². The molecule has 1 aliphatic rings. The van der Waals surface area contributed by atoms with Crippen LogP contribution in [0.5, 0.6) is 0 Å². The maximum atomic E-state index is 12.4. The van der Waals surface area contributed by atoms with Gasteiger partial charge in [0.1, 0.15) is 11.9 Å². The summed E-state index contributed by atoms with van der Waals surface area (Å²) in [5.41, 5.74) is 3.93. The fourth-order valence-electron chi connectivity index (χ4n) is 3.87. The maximum Gasteiger partial charge on any atom is 0.250 e. The van der Waals surface area contributed by atoms with Gasteiger partial charge < -0.3 is 4.57 Å². The van der Waals surface area contributed by atoms with Gasteiger partial charge in [0, 0.05) is 61.0 Å². The summed E-state index contributed by atoms with van der Waals surface area (Å²) in [6, 6.07) is 8.97. The summed E-state index contributed by atoms with van der Waals surface area (Å²) in [5.74, 6) is 1.66. The average Bonchev–Trinajstić information content (AvgIpc) is 3.53. The van der Waals surface area contributed by atoms with Crippen LogP contribution in [0.25, 0.3) is 27.9 Å². The van der Waals surface area contributed by atoms with Gasteiger partial charge in [-0.2, -0.15) is 10.4 Å². The monoisotopic (exact) mass is 456 g/mol. The first-order valence-corrected chi connectivity index (χ1v) is 11.2. The number of pyridine rings is 1. The zero-order chi connectivity index (χ0) is 22.9. The van der Waals surface area contributed by atoms with Crippen molar-refractivity contribution >= 4 is 11.6 Å². The second-order valence-corrected chi connectivity index (χ2v) is 8.75. The fourth-order valence-corrected chi connectivity index (χ4v) is 4.08. The molecule has 8 heteroatoms. The van der Waals surface area contributed by atoms with Gasteiger partial charge in [0.05, 0.1) is 22.5 Å². The third kappa shape index (κ3) is 4.30. The minimum atomic E-state index is -0.124. The number of nitriles is 1. The van der Waals surface area contributed by atoms with E-state index in [4.69, 9.17) is 11.6 Å². The number of aromatic nitrogens is 5. The van der Waals surface area contributed by atoms with E-state index in [1.165, 1.54) is 17.4 Å². The van der Waals surface area contributed by atoms with Gasteiger partial charge in [0.15, 0.2) is 0 Å². The van der Waals surface area contributed by atoms with E-state index in [2.05, 4.69) is 21.1 Å². The SMILES string of the molecule is Cn1cc(-c2cnn(-c3cccc(Cl)c3C#N)c2)c(-c2cnc(CCC3CC3)nc2)cc1=O. The van der Waals surface area contributed by atoms with Gasteiger partial charge in [-0.1, -0.05) is 30.5 Å². The highest BCUT2D eigenvalue weighted by atomic mass is 35.5. The van der Waals surface area contributed by atoms with Crippen molar-refractivity contribution in [3.05, 3.63) is 82.0 Å². The van der Waals surface area contributed by atoms with Crippen LogP contribution in [0.2, 0.25) is 5.02 Å². The van der Waals surface area contributed by atoms with E-state index in [9.17, 15) is 10.1 Å². The van der Waals surface area contributed by atoms with Crippen molar-refractivity contribution < 1.29 is 0 Å². The molecule has 0 amide bonds. The molecule has 1 saturated carbocycles. The maximum absolute atomic E-state index is 12.4. The third-order valence-electron chi connectivity index (χ3n) is 5.96. The topological polar surface area (TPSA) is 89.4 Å². The number of hydrogen-bond acceptors (Lipinski definition) is 5. The molecule has 33 heavy (non-hydrogen) atoms. The molecule has 4 aromatic rings. The van der Waals surface area contributed by atoms with Crippen LogP contribution in [-0.4, -0.2) is 24.3 Å². The predicted octanol–water partition coefficient (Wildman–Crippen LogP) is 4.56. The van der Waals surface area contributed by atoms with E-state index in [-0.39, 0.29) is 5.56 Å². The van der Waals surface area contributed by atoms with Crippen LogP contribution >= 0.6 is 11.6 Å².